The zero-order valence-corrected chi connectivity index (χ0v) is 20.5. The largest absolute Gasteiger partial charge is 0.491 e. The molecule has 1 heterocycles. The molecule has 1 saturated heterocycles. The highest BCUT2D eigenvalue weighted by Crippen LogP contribution is 2.32. The molecule has 0 radical (unpaired) electrons. The van der Waals surface area contributed by atoms with Crippen LogP contribution in [0, 0.1) is 6.92 Å². The standard InChI is InChI=1S/C20H33N3O3S.HI/c1-16-5-6-17(18(13-16)26-12-11-24-3)14-22-19(21-2)23-15-20(27-4)7-9-25-10-8-20;/h5-6,13H,7-12,14-15H2,1-4H3,(H2,21,22,23);1H. The third-order valence-corrected chi connectivity index (χ3v) is 6.27. The van der Waals surface area contributed by atoms with E-state index in [-0.39, 0.29) is 28.7 Å². The molecule has 6 nitrogen and oxygen atoms in total. The molecule has 1 fully saturated rings. The van der Waals surface area contributed by atoms with Crippen LogP contribution in [0.5, 0.6) is 5.75 Å². The maximum Gasteiger partial charge on any atom is 0.191 e. The molecule has 0 atom stereocenters. The monoisotopic (exact) mass is 523 g/mol. The van der Waals surface area contributed by atoms with Crippen molar-refractivity contribution in [2.45, 2.75) is 31.1 Å². The van der Waals surface area contributed by atoms with Crippen LogP contribution in [0.2, 0.25) is 0 Å². The minimum Gasteiger partial charge on any atom is -0.491 e. The lowest BCUT2D eigenvalue weighted by atomic mass is 9.99. The van der Waals surface area contributed by atoms with Gasteiger partial charge in [-0.3, -0.25) is 4.99 Å². The van der Waals surface area contributed by atoms with Crippen LogP contribution in [-0.2, 0) is 16.0 Å². The second kappa shape index (κ2) is 13.5. The number of nitrogens with zero attached hydrogens (tertiary/aromatic N) is 1. The van der Waals surface area contributed by atoms with Gasteiger partial charge >= 0.3 is 0 Å². The molecule has 0 amide bonds. The van der Waals surface area contributed by atoms with Crippen molar-refractivity contribution in [2.24, 2.45) is 4.99 Å². The predicted octanol–water partition coefficient (Wildman–Crippen LogP) is 3.22. The summed E-state index contributed by atoms with van der Waals surface area (Å²) in [6.45, 7) is 6.37. The first-order valence-electron chi connectivity index (χ1n) is 9.41. The van der Waals surface area contributed by atoms with E-state index in [1.807, 2.05) is 11.8 Å². The molecular formula is C20H34IN3O3S. The minimum atomic E-state index is 0. The highest BCUT2D eigenvalue weighted by atomic mass is 127. The summed E-state index contributed by atoms with van der Waals surface area (Å²) in [5.41, 5.74) is 2.28. The number of halogens is 1. The Morgan fingerprint density at radius 2 is 2.00 bits per heavy atom. The Kier molecular flexibility index (Phi) is 12.2. The summed E-state index contributed by atoms with van der Waals surface area (Å²) in [4.78, 5) is 4.37. The van der Waals surface area contributed by atoms with Crippen LogP contribution >= 0.6 is 35.7 Å². The van der Waals surface area contributed by atoms with Crippen molar-refractivity contribution in [3.05, 3.63) is 29.3 Å². The van der Waals surface area contributed by atoms with Gasteiger partial charge in [-0.25, -0.2) is 0 Å². The lowest BCUT2D eigenvalue weighted by molar-refractivity contribution is 0.0783. The Bertz CT molecular complexity index is 610. The highest BCUT2D eigenvalue weighted by Gasteiger charge is 2.31. The fourth-order valence-electron chi connectivity index (χ4n) is 3.02. The predicted molar refractivity (Wildman–Crippen MR) is 128 cm³/mol. The van der Waals surface area contributed by atoms with Gasteiger partial charge in [0.25, 0.3) is 0 Å². The van der Waals surface area contributed by atoms with Gasteiger partial charge in [0, 0.05) is 50.8 Å². The molecule has 160 valence electrons. The molecule has 0 saturated carbocycles. The van der Waals surface area contributed by atoms with E-state index >= 15 is 0 Å². The van der Waals surface area contributed by atoms with E-state index < -0.39 is 0 Å². The molecule has 0 unspecified atom stereocenters. The van der Waals surface area contributed by atoms with Crippen LogP contribution in [0.1, 0.15) is 24.0 Å². The first-order chi connectivity index (χ1) is 13.1. The van der Waals surface area contributed by atoms with Crippen molar-refractivity contribution >= 4 is 41.7 Å². The molecule has 2 rings (SSSR count). The maximum atomic E-state index is 5.87. The zero-order chi connectivity index (χ0) is 19.5. The smallest absolute Gasteiger partial charge is 0.191 e. The molecule has 1 aliphatic heterocycles. The number of nitrogens with one attached hydrogen (secondary N) is 2. The average Bonchev–Trinajstić information content (AvgIpc) is 2.70. The van der Waals surface area contributed by atoms with Crippen molar-refractivity contribution in [2.75, 3.05) is 53.4 Å². The molecule has 1 aliphatic rings. The SMILES string of the molecule is CN=C(NCc1ccc(C)cc1OCCOC)NCC1(SC)CCOCC1.I. The van der Waals surface area contributed by atoms with Crippen LogP contribution in [0.15, 0.2) is 23.2 Å². The molecule has 1 aromatic carbocycles. The Hall–Kier alpha value is -0.710. The van der Waals surface area contributed by atoms with E-state index in [0.717, 1.165) is 49.9 Å². The number of hydrogen-bond acceptors (Lipinski definition) is 5. The van der Waals surface area contributed by atoms with Crippen LogP contribution < -0.4 is 15.4 Å². The summed E-state index contributed by atoms with van der Waals surface area (Å²) in [5, 5.41) is 6.89. The van der Waals surface area contributed by atoms with E-state index in [9.17, 15) is 0 Å². The minimum absolute atomic E-state index is 0. The van der Waals surface area contributed by atoms with Crippen molar-refractivity contribution in [1.29, 1.82) is 0 Å². The van der Waals surface area contributed by atoms with Gasteiger partial charge in [-0.1, -0.05) is 12.1 Å². The first kappa shape index (κ1) is 25.3. The molecule has 0 aromatic heterocycles. The fourth-order valence-corrected chi connectivity index (χ4v) is 3.81. The quantitative estimate of drug-likeness (QED) is 0.224. The van der Waals surface area contributed by atoms with Gasteiger partial charge in [0.2, 0.25) is 0 Å². The molecule has 1 aromatic rings. The summed E-state index contributed by atoms with van der Waals surface area (Å²) in [5.74, 6) is 1.69. The zero-order valence-electron chi connectivity index (χ0n) is 17.4. The first-order valence-corrected chi connectivity index (χ1v) is 10.6. The maximum absolute atomic E-state index is 5.87. The lowest BCUT2D eigenvalue weighted by Crippen LogP contribution is -2.47. The molecule has 28 heavy (non-hydrogen) atoms. The van der Waals surface area contributed by atoms with Crippen LogP contribution in [0.25, 0.3) is 0 Å². The average molecular weight is 523 g/mol. The topological polar surface area (TPSA) is 64.1 Å². The number of methoxy groups -OCH3 is 1. The number of aryl methyl sites for hydroxylation is 1. The van der Waals surface area contributed by atoms with E-state index in [2.05, 4.69) is 47.0 Å². The molecule has 0 bridgehead atoms. The van der Waals surface area contributed by atoms with Gasteiger partial charge in [-0.15, -0.1) is 24.0 Å². The lowest BCUT2D eigenvalue weighted by Gasteiger charge is -2.36. The number of guanidine groups is 1. The number of hydrogen-bond donors (Lipinski definition) is 2. The highest BCUT2D eigenvalue weighted by molar-refractivity contribution is 14.0. The van der Waals surface area contributed by atoms with E-state index in [0.29, 0.717) is 19.8 Å². The summed E-state index contributed by atoms with van der Waals surface area (Å²) < 4.78 is 16.7. The summed E-state index contributed by atoms with van der Waals surface area (Å²) in [6, 6.07) is 6.26. The van der Waals surface area contributed by atoms with Gasteiger partial charge in [0.05, 0.1) is 6.61 Å². The van der Waals surface area contributed by atoms with Crippen molar-refractivity contribution in [3.8, 4) is 5.75 Å². The van der Waals surface area contributed by atoms with E-state index in [4.69, 9.17) is 14.2 Å². The molecule has 8 heteroatoms. The van der Waals surface area contributed by atoms with Crippen LogP contribution in [-0.4, -0.2) is 64.1 Å². The molecular weight excluding hydrogens is 489 g/mol. The third kappa shape index (κ3) is 7.96. The van der Waals surface area contributed by atoms with E-state index in [1.165, 1.54) is 5.56 Å². The normalized spacial score (nSPS) is 16.2. The second-order valence-corrected chi connectivity index (χ2v) is 8.01. The second-order valence-electron chi connectivity index (χ2n) is 6.73. The van der Waals surface area contributed by atoms with Crippen molar-refractivity contribution < 1.29 is 14.2 Å². The van der Waals surface area contributed by atoms with Gasteiger partial charge in [0.15, 0.2) is 5.96 Å². The number of benzene rings is 1. The molecule has 0 spiro atoms. The Morgan fingerprint density at radius 3 is 2.64 bits per heavy atom. The van der Waals surface area contributed by atoms with Crippen molar-refractivity contribution in [1.82, 2.24) is 10.6 Å². The van der Waals surface area contributed by atoms with E-state index in [1.54, 1.807) is 14.2 Å². The number of ether oxygens (including phenoxy) is 3. The Balaban J connectivity index is 0.00000392. The van der Waals surface area contributed by atoms with Crippen molar-refractivity contribution in [3.63, 3.8) is 0 Å². The molecule has 0 aliphatic carbocycles. The molecule has 2 N–H and O–H groups in total. The van der Waals surface area contributed by atoms with Gasteiger partial charge in [0.1, 0.15) is 12.4 Å². The number of rotatable bonds is 9. The van der Waals surface area contributed by atoms with Crippen LogP contribution in [0.4, 0.5) is 0 Å². The Labute approximate surface area is 190 Å². The number of thioether (sulfide) groups is 1. The van der Waals surface area contributed by atoms with Gasteiger partial charge in [-0.2, -0.15) is 11.8 Å². The summed E-state index contributed by atoms with van der Waals surface area (Å²) in [7, 11) is 3.48. The van der Waals surface area contributed by atoms with Gasteiger partial charge < -0.3 is 24.8 Å². The third-order valence-electron chi connectivity index (χ3n) is 4.85. The summed E-state index contributed by atoms with van der Waals surface area (Å²) >= 11 is 1.92. The number of aliphatic imine (C=N–C) groups is 1. The fraction of sp³-hybridized carbons (Fsp3) is 0.650. The van der Waals surface area contributed by atoms with Gasteiger partial charge in [-0.05, 0) is 37.7 Å². The van der Waals surface area contributed by atoms with Crippen LogP contribution in [0.3, 0.4) is 0 Å². The summed E-state index contributed by atoms with van der Waals surface area (Å²) in [6.07, 6.45) is 4.31. The Morgan fingerprint density at radius 1 is 1.25 bits per heavy atom.